The molecule has 1 aromatic carbocycles. The number of amides is 3. The summed E-state index contributed by atoms with van der Waals surface area (Å²) in [6, 6.07) is 4.94. The Labute approximate surface area is 152 Å². The van der Waals surface area contributed by atoms with E-state index >= 15 is 0 Å². The fourth-order valence-corrected chi connectivity index (χ4v) is 3.94. The second kappa shape index (κ2) is 8.26. The lowest BCUT2D eigenvalue weighted by Gasteiger charge is -2.13. The lowest BCUT2D eigenvalue weighted by atomic mass is 10.3. The molecule has 1 aliphatic heterocycles. The highest BCUT2D eigenvalue weighted by Crippen LogP contribution is 2.26. The van der Waals surface area contributed by atoms with Crippen molar-refractivity contribution in [2.75, 3.05) is 29.5 Å². The molecule has 3 amide bonds. The van der Waals surface area contributed by atoms with Crippen molar-refractivity contribution in [3.05, 3.63) is 30.1 Å². The topological polar surface area (TPSA) is 87.2 Å². The maximum absolute atomic E-state index is 12.8. The second-order valence-corrected chi connectivity index (χ2v) is 7.54. The van der Waals surface area contributed by atoms with Crippen LogP contribution < -0.4 is 10.6 Å². The van der Waals surface area contributed by atoms with E-state index in [1.807, 2.05) is 4.90 Å². The number of thioether (sulfide) groups is 1. The average molecular weight is 381 g/mol. The summed E-state index contributed by atoms with van der Waals surface area (Å²) in [6.07, 6.45) is 2.12. The van der Waals surface area contributed by atoms with Gasteiger partial charge in [-0.1, -0.05) is 23.1 Å². The van der Waals surface area contributed by atoms with Crippen LogP contribution in [-0.2, 0) is 4.79 Å². The van der Waals surface area contributed by atoms with E-state index in [9.17, 15) is 14.0 Å². The number of hydrogen-bond acceptors (Lipinski definition) is 6. The molecule has 0 atom stereocenters. The summed E-state index contributed by atoms with van der Waals surface area (Å²) in [5, 5.41) is 13.3. The number of likely N-dealkylation sites (tertiary alicyclic amines) is 1. The first kappa shape index (κ1) is 17.6. The molecule has 7 nitrogen and oxygen atoms in total. The largest absolute Gasteiger partial charge is 0.342 e. The van der Waals surface area contributed by atoms with Crippen LogP contribution in [0.25, 0.3) is 0 Å². The predicted molar refractivity (Wildman–Crippen MR) is 95.5 cm³/mol. The third-order valence-corrected chi connectivity index (χ3v) is 5.46. The number of carbonyl (C=O) groups is 2. The number of nitrogens with zero attached hydrogens (tertiary/aromatic N) is 3. The lowest BCUT2D eigenvalue weighted by Crippen LogP contribution is -2.29. The van der Waals surface area contributed by atoms with Crippen molar-refractivity contribution >= 4 is 45.9 Å². The maximum atomic E-state index is 12.8. The molecule has 0 bridgehead atoms. The Hall–Kier alpha value is -2.20. The van der Waals surface area contributed by atoms with Gasteiger partial charge in [0, 0.05) is 18.8 Å². The van der Waals surface area contributed by atoms with Gasteiger partial charge < -0.3 is 10.2 Å². The van der Waals surface area contributed by atoms with Crippen LogP contribution in [0.3, 0.4) is 0 Å². The Balaban J connectivity index is 1.46. The normalized spacial score (nSPS) is 13.7. The molecule has 2 aromatic rings. The fourth-order valence-electron chi connectivity index (χ4n) is 2.29. The van der Waals surface area contributed by atoms with Crippen LogP contribution in [0.1, 0.15) is 12.8 Å². The van der Waals surface area contributed by atoms with Gasteiger partial charge in [-0.25, -0.2) is 9.18 Å². The summed E-state index contributed by atoms with van der Waals surface area (Å²) in [5.74, 6) is 0.0395. The molecular formula is C15H16FN5O2S2. The van der Waals surface area contributed by atoms with Crippen LogP contribution in [0.5, 0.6) is 0 Å². The summed E-state index contributed by atoms with van der Waals surface area (Å²) < 4.78 is 13.4. The zero-order chi connectivity index (χ0) is 17.6. The molecule has 1 saturated heterocycles. The zero-order valence-electron chi connectivity index (χ0n) is 13.2. The van der Waals surface area contributed by atoms with Crippen LogP contribution in [0.15, 0.2) is 28.6 Å². The molecule has 0 radical (unpaired) electrons. The molecule has 3 rings (SSSR count). The van der Waals surface area contributed by atoms with Gasteiger partial charge in [0.15, 0.2) is 4.34 Å². The molecule has 2 heterocycles. The minimum absolute atomic E-state index is 0.0984. The average Bonchev–Trinajstić information content (AvgIpc) is 3.26. The molecule has 1 aromatic heterocycles. The molecule has 0 aliphatic carbocycles. The molecule has 0 spiro atoms. The minimum atomic E-state index is -0.493. The summed E-state index contributed by atoms with van der Waals surface area (Å²) >= 11 is 2.51. The third kappa shape index (κ3) is 5.13. The highest BCUT2D eigenvalue weighted by Gasteiger charge is 2.18. The van der Waals surface area contributed by atoms with Gasteiger partial charge in [-0.2, -0.15) is 0 Å². The van der Waals surface area contributed by atoms with Crippen LogP contribution >= 0.6 is 23.1 Å². The van der Waals surface area contributed by atoms with Gasteiger partial charge in [-0.05, 0) is 37.1 Å². The standard InChI is InChI=1S/C15H16FN5O2S2/c16-10-3-5-11(6-4-10)17-13(23)18-14-19-20-15(25-14)24-9-12(22)21-7-1-2-8-21/h3-6H,1-2,7-9H2,(H2,17,18,19,23). The van der Waals surface area contributed by atoms with E-state index in [-0.39, 0.29) is 11.7 Å². The summed E-state index contributed by atoms with van der Waals surface area (Å²) in [6.45, 7) is 1.65. The van der Waals surface area contributed by atoms with Gasteiger partial charge >= 0.3 is 6.03 Å². The van der Waals surface area contributed by atoms with Crippen molar-refractivity contribution in [1.82, 2.24) is 15.1 Å². The van der Waals surface area contributed by atoms with Gasteiger partial charge in [-0.3, -0.25) is 10.1 Å². The summed E-state index contributed by atoms with van der Waals surface area (Å²) in [4.78, 5) is 25.7. The second-order valence-electron chi connectivity index (χ2n) is 5.34. The Kier molecular flexibility index (Phi) is 5.82. The predicted octanol–water partition coefficient (Wildman–Crippen LogP) is 3.04. The van der Waals surface area contributed by atoms with E-state index < -0.39 is 6.03 Å². The monoisotopic (exact) mass is 381 g/mol. The van der Waals surface area contributed by atoms with Gasteiger partial charge in [0.2, 0.25) is 11.0 Å². The van der Waals surface area contributed by atoms with Crippen LogP contribution in [0.4, 0.5) is 20.0 Å². The number of halogens is 1. The lowest BCUT2D eigenvalue weighted by molar-refractivity contribution is -0.127. The Bertz CT molecular complexity index is 747. The number of benzene rings is 1. The number of anilines is 2. The Morgan fingerprint density at radius 1 is 1.16 bits per heavy atom. The van der Waals surface area contributed by atoms with E-state index in [2.05, 4.69) is 20.8 Å². The molecule has 0 unspecified atom stereocenters. The SMILES string of the molecule is O=C(Nc1ccc(F)cc1)Nc1nnc(SCC(=O)N2CCCC2)s1. The van der Waals surface area contributed by atoms with Gasteiger partial charge in [0.25, 0.3) is 0 Å². The number of urea groups is 1. The third-order valence-electron chi connectivity index (χ3n) is 3.51. The first-order chi connectivity index (χ1) is 12.1. The molecule has 25 heavy (non-hydrogen) atoms. The van der Waals surface area contributed by atoms with Crippen molar-refractivity contribution in [3.8, 4) is 0 Å². The van der Waals surface area contributed by atoms with Crippen molar-refractivity contribution in [1.29, 1.82) is 0 Å². The number of aromatic nitrogens is 2. The van der Waals surface area contributed by atoms with Gasteiger partial charge in [0.05, 0.1) is 5.75 Å². The van der Waals surface area contributed by atoms with Gasteiger partial charge in [-0.15, -0.1) is 10.2 Å². The molecule has 10 heteroatoms. The van der Waals surface area contributed by atoms with Crippen LogP contribution in [-0.4, -0.2) is 45.9 Å². The first-order valence-electron chi connectivity index (χ1n) is 7.68. The molecular weight excluding hydrogens is 365 g/mol. The van der Waals surface area contributed by atoms with Crippen molar-refractivity contribution in [2.45, 2.75) is 17.2 Å². The van der Waals surface area contributed by atoms with Gasteiger partial charge in [0.1, 0.15) is 5.82 Å². The van der Waals surface area contributed by atoms with Crippen molar-refractivity contribution < 1.29 is 14.0 Å². The Morgan fingerprint density at radius 2 is 1.88 bits per heavy atom. The smallest absolute Gasteiger partial charge is 0.325 e. The summed E-state index contributed by atoms with van der Waals surface area (Å²) in [5.41, 5.74) is 0.467. The minimum Gasteiger partial charge on any atom is -0.342 e. The van der Waals surface area contributed by atoms with E-state index in [1.54, 1.807) is 0 Å². The number of rotatable bonds is 5. The zero-order valence-corrected chi connectivity index (χ0v) is 14.8. The quantitative estimate of drug-likeness (QED) is 0.614. The summed E-state index contributed by atoms with van der Waals surface area (Å²) in [7, 11) is 0. The van der Waals surface area contributed by atoms with Crippen LogP contribution in [0.2, 0.25) is 0 Å². The van der Waals surface area contributed by atoms with E-state index in [1.165, 1.54) is 47.4 Å². The van der Waals surface area contributed by atoms with E-state index in [0.717, 1.165) is 25.9 Å². The molecule has 1 fully saturated rings. The molecule has 2 N–H and O–H groups in total. The Morgan fingerprint density at radius 3 is 2.60 bits per heavy atom. The molecule has 1 aliphatic rings. The van der Waals surface area contributed by atoms with Crippen molar-refractivity contribution in [2.24, 2.45) is 0 Å². The number of carbonyl (C=O) groups excluding carboxylic acids is 2. The van der Waals surface area contributed by atoms with Crippen molar-refractivity contribution in [3.63, 3.8) is 0 Å². The molecule has 0 saturated carbocycles. The van der Waals surface area contributed by atoms with Crippen LogP contribution in [0, 0.1) is 5.82 Å². The van der Waals surface area contributed by atoms with E-state index in [4.69, 9.17) is 0 Å². The number of hydrogen-bond donors (Lipinski definition) is 2. The highest BCUT2D eigenvalue weighted by molar-refractivity contribution is 8.01. The molecule has 132 valence electrons. The van der Waals surface area contributed by atoms with E-state index in [0.29, 0.717) is 20.9 Å². The first-order valence-corrected chi connectivity index (χ1v) is 9.48. The highest BCUT2D eigenvalue weighted by atomic mass is 32.2. The fraction of sp³-hybridized carbons (Fsp3) is 0.333. The maximum Gasteiger partial charge on any atom is 0.325 e. The number of nitrogens with one attached hydrogen (secondary N) is 2.